The Kier molecular flexibility index (Phi) is 5.95. The SMILES string of the molecule is COc1cc(-c2cnc3[nH]cc(C(=O)C(C)(C)CS(C)(=O)=O)c3n2)cc(OC)c1OC. The molecule has 3 rings (SSSR count). The highest BCUT2D eigenvalue weighted by atomic mass is 32.2. The van der Waals surface area contributed by atoms with Gasteiger partial charge in [-0.05, 0) is 12.1 Å². The van der Waals surface area contributed by atoms with Crippen molar-refractivity contribution in [3.05, 3.63) is 30.1 Å². The second-order valence-corrected chi connectivity index (χ2v) is 9.99. The van der Waals surface area contributed by atoms with E-state index in [0.29, 0.717) is 39.7 Å². The summed E-state index contributed by atoms with van der Waals surface area (Å²) in [7, 11) is 1.20. The van der Waals surface area contributed by atoms with Crippen molar-refractivity contribution >= 4 is 26.8 Å². The van der Waals surface area contributed by atoms with E-state index in [9.17, 15) is 13.2 Å². The number of hydrogen-bond donors (Lipinski definition) is 1. The number of H-pyrrole nitrogens is 1. The summed E-state index contributed by atoms with van der Waals surface area (Å²) in [5, 5.41) is 0. The first kappa shape index (κ1) is 22.5. The molecule has 0 saturated heterocycles. The molecule has 0 spiro atoms. The molecular weight excluding hydrogens is 422 g/mol. The lowest BCUT2D eigenvalue weighted by Gasteiger charge is -2.21. The van der Waals surface area contributed by atoms with Gasteiger partial charge in [0.2, 0.25) is 5.75 Å². The van der Waals surface area contributed by atoms with E-state index in [1.807, 2.05) is 0 Å². The topological polar surface area (TPSA) is 120 Å². The smallest absolute Gasteiger partial charge is 0.203 e. The molecule has 0 fully saturated rings. The number of methoxy groups -OCH3 is 3. The maximum absolute atomic E-state index is 13.1. The van der Waals surface area contributed by atoms with Crippen LogP contribution in [0.3, 0.4) is 0 Å². The average molecular weight is 448 g/mol. The minimum absolute atomic E-state index is 0.272. The lowest BCUT2D eigenvalue weighted by atomic mass is 9.87. The monoisotopic (exact) mass is 447 g/mol. The number of ether oxygens (including phenoxy) is 3. The van der Waals surface area contributed by atoms with Crippen LogP contribution in [0.2, 0.25) is 0 Å². The number of Topliss-reactive ketones (excluding diaryl/α,β-unsaturated/α-hetero) is 1. The van der Waals surface area contributed by atoms with Crippen LogP contribution >= 0.6 is 0 Å². The van der Waals surface area contributed by atoms with E-state index in [0.717, 1.165) is 6.26 Å². The van der Waals surface area contributed by atoms with Gasteiger partial charge in [0.25, 0.3) is 0 Å². The zero-order valence-electron chi connectivity index (χ0n) is 18.3. The van der Waals surface area contributed by atoms with Gasteiger partial charge in [0, 0.05) is 23.4 Å². The van der Waals surface area contributed by atoms with E-state index in [1.54, 1.807) is 32.2 Å². The van der Waals surface area contributed by atoms with Crippen LogP contribution in [0, 0.1) is 5.41 Å². The first-order valence-corrected chi connectivity index (χ1v) is 11.4. The molecule has 1 aromatic carbocycles. The van der Waals surface area contributed by atoms with Crippen LogP contribution in [-0.2, 0) is 9.84 Å². The van der Waals surface area contributed by atoms with Gasteiger partial charge < -0.3 is 19.2 Å². The second-order valence-electron chi connectivity index (χ2n) is 7.85. The molecule has 2 aromatic heterocycles. The Bertz CT molecular complexity index is 1220. The summed E-state index contributed by atoms with van der Waals surface area (Å²) in [5.41, 5.74) is 1.09. The maximum Gasteiger partial charge on any atom is 0.203 e. The Morgan fingerprint density at radius 3 is 2.23 bits per heavy atom. The Balaban J connectivity index is 2.12. The highest BCUT2D eigenvalue weighted by molar-refractivity contribution is 7.90. The summed E-state index contributed by atoms with van der Waals surface area (Å²) in [4.78, 5) is 25.1. The minimum atomic E-state index is -3.35. The first-order chi connectivity index (χ1) is 14.5. The van der Waals surface area contributed by atoms with Crippen LogP contribution in [0.15, 0.2) is 24.5 Å². The van der Waals surface area contributed by atoms with Gasteiger partial charge >= 0.3 is 0 Å². The van der Waals surface area contributed by atoms with E-state index >= 15 is 0 Å². The predicted octanol–water partition coefficient (Wildman–Crippen LogP) is 2.90. The molecule has 0 aliphatic carbocycles. The number of nitrogens with zero attached hydrogens (tertiary/aromatic N) is 2. The van der Waals surface area contributed by atoms with Crippen molar-refractivity contribution in [1.29, 1.82) is 0 Å². The molecule has 0 saturated carbocycles. The molecule has 9 nitrogen and oxygen atoms in total. The van der Waals surface area contributed by atoms with Gasteiger partial charge in [0.1, 0.15) is 15.4 Å². The maximum atomic E-state index is 13.1. The largest absolute Gasteiger partial charge is 0.493 e. The molecule has 0 aliphatic heterocycles. The normalized spacial score (nSPS) is 12.1. The van der Waals surface area contributed by atoms with Gasteiger partial charge in [-0.1, -0.05) is 13.8 Å². The quantitative estimate of drug-likeness (QED) is 0.523. The molecule has 0 amide bonds. The number of ketones is 1. The lowest BCUT2D eigenvalue weighted by Crippen LogP contribution is -2.32. The molecule has 0 atom stereocenters. The van der Waals surface area contributed by atoms with E-state index < -0.39 is 15.3 Å². The van der Waals surface area contributed by atoms with Crippen molar-refractivity contribution in [3.8, 4) is 28.5 Å². The van der Waals surface area contributed by atoms with Crippen molar-refractivity contribution in [2.24, 2.45) is 5.41 Å². The molecule has 0 radical (unpaired) electrons. The van der Waals surface area contributed by atoms with Crippen molar-refractivity contribution in [1.82, 2.24) is 15.0 Å². The van der Waals surface area contributed by atoms with Crippen LogP contribution < -0.4 is 14.2 Å². The summed E-state index contributed by atoms with van der Waals surface area (Å²) < 4.78 is 39.7. The number of nitrogens with one attached hydrogen (secondary N) is 1. The van der Waals surface area contributed by atoms with E-state index in [2.05, 4.69) is 15.0 Å². The van der Waals surface area contributed by atoms with Gasteiger partial charge in [-0.3, -0.25) is 4.79 Å². The minimum Gasteiger partial charge on any atom is -0.493 e. The van der Waals surface area contributed by atoms with Crippen LogP contribution in [0.5, 0.6) is 17.2 Å². The number of aromatic amines is 1. The molecule has 10 heteroatoms. The number of hydrogen-bond acceptors (Lipinski definition) is 8. The van der Waals surface area contributed by atoms with E-state index in [-0.39, 0.29) is 17.1 Å². The zero-order valence-corrected chi connectivity index (χ0v) is 19.1. The molecular formula is C21H25N3O6S. The number of carbonyl (C=O) groups is 1. The summed E-state index contributed by atoms with van der Waals surface area (Å²) in [6, 6.07) is 3.47. The zero-order chi connectivity index (χ0) is 23.0. The molecule has 2 heterocycles. The Hall–Kier alpha value is -3.14. The van der Waals surface area contributed by atoms with Gasteiger partial charge in [-0.15, -0.1) is 0 Å². The van der Waals surface area contributed by atoms with Gasteiger partial charge in [0.15, 0.2) is 22.9 Å². The van der Waals surface area contributed by atoms with Crippen molar-refractivity contribution < 1.29 is 27.4 Å². The number of rotatable bonds is 8. The van der Waals surface area contributed by atoms with Crippen LogP contribution in [0.4, 0.5) is 0 Å². The lowest BCUT2D eigenvalue weighted by molar-refractivity contribution is 0.0863. The molecule has 0 bridgehead atoms. The molecule has 166 valence electrons. The third-order valence-electron chi connectivity index (χ3n) is 4.82. The molecule has 1 N–H and O–H groups in total. The predicted molar refractivity (Wildman–Crippen MR) is 117 cm³/mol. The standard InChI is InChI=1S/C21H25N3O6S/c1-21(2,11-31(6,26)27)19(25)13-9-22-20-17(13)24-14(10-23-20)12-7-15(28-3)18(30-5)16(8-12)29-4/h7-10H,11H2,1-6H3,(H,22,23). The summed E-state index contributed by atoms with van der Waals surface area (Å²) in [6.45, 7) is 3.21. The van der Waals surface area contributed by atoms with Crippen LogP contribution in [0.25, 0.3) is 22.4 Å². The molecule has 31 heavy (non-hydrogen) atoms. The molecule has 3 aromatic rings. The third-order valence-corrected chi connectivity index (χ3v) is 6.07. The van der Waals surface area contributed by atoms with Gasteiger partial charge in [-0.2, -0.15) is 0 Å². The summed E-state index contributed by atoms with van der Waals surface area (Å²) in [5.74, 6) is 0.756. The fourth-order valence-corrected chi connectivity index (χ4v) is 4.96. The second kappa shape index (κ2) is 8.18. The molecule has 0 aliphatic rings. The number of sulfone groups is 1. The number of aromatic nitrogens is 3. The Morgan fingerprint density at radius 2 is 1.71 bits per heavy atom. The number of benzene rings is 1. The Morgan fingerprint density at radius 1 is 1.10 bits per heavy atom. The molecule has 0 unspecified atom stereocenters. The van der Waals surface area contributed by atoms with Crippen LogP contribution in [-0.4, -0.2) is 62.5 Å². The number of carbonyl (C=O) groups excluding carboxylic acids is 1. The summed E-state index contributed by atoms with van der Waals surface area (Å²) >= 11 is 0. The van der Waals surface area contributed by atoms with Crippen molar-refractivity contribution in [2.75, 3.05) is 33.3 Å². The average Bonchev–Trinajstić information content (AvgIpc) is 3.13. The highest BCUT2D eigenvalue weighted by Gasteiger charge is 2.34. The third kappa shape index (κ3) is 4.48. The number of fused-ring (bicyclic) bond motifs is 1. The highest BCUT2D eigenvalue weighted by Crippen LogP contribution is 2.41. The van der Waals surface area contributed by atoms with E-state index in [4.69, 9.17) is 14.2 Å². The Labute approximate surface area is 180 Å². The van der Waals surface area contributed by atoms with Gasteiger partial charge in [-0.25, -0.2) is 18.4 Å². The van der Waals surface area contributed by atoms with Gasteiger partial charge in [0.05, 0.1) is 44.5 Å². The van der Waals surface area contributed by atoms with Crippen LogP contribution in [0.1, 0.15) is 24.2 Å². The van der Waals surface area contributed by atoms with E-state index in [1.165, 1.54) is 27.5 Å². The van der Waals surface area contributed by atoms with Crippen molar-refractivity contribution in [3.63, 3.8) is 0 Å². The van der Waals surface area contributed by atoms with Crippen molar-refractivity contribution in [2.45, 2.75) is 13.8 Å². The fourth-order valence-electron chi connectivity index (χ4n) is 3.52. The first-order valence-electron chi connectivity index (χ1n) is 9.37. The summed E-state index contributed by atoms with van der Waals surface area (Å²) in [6.07, 6.45) is 4.19. The fraction of sp³-hybridized carbons (Fsp3) is 0.381.